The summed E-state index contributed by atoms with van der Waals surface area (Å²) < 4.78 is 0. The summed E-state index contributed by atoms with van der Waals surface area (Å²) in [6.45, 7) is 1.93. The predicted octanol–water partition coefficient (Wildman–Crippen LogP) is 3.39. The third kappa shape index (κ3) is 4.21. The summed E-state index contributed by atoms with van der Waals surface area (Å²) in [6, 6.07) is 13.3. The van der Waals surface area contributed by atoms with Gasteiger partial charge < -0.3 is 15.4 Å². The lowest BCUT2D eigenvalue weighted by molar-refractivity contribution is -0.121. The fraction of sp³-hybridized carbons (Fsp3) is 0.250. The van der Waals surface area contributed by atoms with Gasteiger partial charge in [-0.2, -0.15) is 0 Å². The minimum Gasteiger partial charge on any atom is -0.394 e. The summed E-state index contributed by atoms with van der Waals surface area (Å²) in [4.78, 5) is 15.6. The van der Waals surface area contributed by atoms with E-state index in [1.165, 1.54) is 0 Å². The maximum absolute atomic E-state index is 12.4. The van der Waals surface area contributed by atoms with Crippen molar-refractivity contribution in [2.45, 2.75) is 25.8 Å². The Kier molecular flexibility index (Phi) is 5.41. The van der Waals surface area contributed by atoms with Gasteiger partial charge in [0.2, 0.25) is 5.91 Å². The predicted molar refractivity (Wildman–Crippen MR) is 101 cm³/mol. The number of carbonyl (C=O) groups excluding carboxylic acids is 1. The van der Waals surface area contributed by atoms with E-state index in [2.05, 4.69) is 10.3 Å². The Morgan fingerprint density at radius 3 is 2.80 bits per heavy atom. The van der Waals surface area contributed by atoms with Crippen molar-refractivity contribution in [3.05, 3.63) is 70.4 Å². The Bertz CT molecular complexity index is 888. The fourth-order valence-corrected chi connectivity index (χ4v) is 3.19. The van der Waals surface area contributed by atoms with Gasteiger partial charge in [0.05, 0.1) is 19.1 Å². The highest BCUT2D eigenvalue weighted by Crippen LogP contribution is 2.22. The lowest BCUT2D eigenvalue weighted by Gasteiger charge is -2.17. The van der Waals surface area contributed by atoms with Crippen molar-refractivity contribution in [2.24, 2.45) is 0 Å². The van der Waals surface area contributed by atoms with Crippen LogP contribution >= 0.6 is 11.6 Å². The molecule has 3 aromatic rings. The minimum atomic E-state index is -0.303. The Balaban J connectivity index is 1.68. The largest absolute Gasteiger partial charge is 0.394 e. The van der Waals surface area contributed by atoms with Crippen LogP contribution in [-0.4, -0.2) is 28.6 Å². The van der Waals surface area contributed by atoms with Crippen molar-refractivity contribution < 1.29 is 9.90 Å². The second-order valence-electron chi connectivity index (χ2n) is 6.26. The Labute approximate surface area is 151 Å². The van der Waals surface area contributed by atoms with Gasteiger partial charge in [-0.05, 0) is 48.2 Å². The van der Waals surface area contributed by atoms with Crippen LogP contribution in [0.2, 0.25) is 5.02 Å². The molecule has 2 aromatic carbocycles. The molecule has 3 rings (SSSR count). The zero-order valence-corrected chi connectivity index (χ0v) is 14.8. The first kappa shape index (κ1) is 17.5. The zero-order valence-electron chi connectivity index (χ0n) is 14.1. The molecule has 25 heavy (non-hydrogen) atoms. The minimum absolute atomic E-state index is 0.0974. The number of aromatic nitrogens is 1. The van der Waals surface area contributed by atoms with Crippen molar-refractivity contribution in [1.82, 2.24) is 10.3 Å². The molecule has 1 aromatic heterocycles. The van der Waals surface area contributed by atoms with Crippen LogP contribution in [0.1, 0.15) is 16.7 Å². The van der Waals surface area contributed by atoms with E-state index in [0.29, 0.717) is 11.4 Å². The molecule has 130 valence electrons. The van der Waals surface area contributed by atoms with Crippen LogP contribution in [-0.2, 0) is 17.6 Å². The number of halogens is 1. The summed E-state index contributed by atoms with van der Waals surface area (Å²) in [7, 11) is 0. The molecule has 0 saturated heterocycles. The Hall–Kier alpha value is -2.30. The van der Waals surface area contributed by atoms with Gasteiger partial charge in [-0.15, -0.1) is 0 Å². The van der Waals surface area contributed by atoms with Crippen LogP contribution in [0.15, 0.2) is 48.7 Å². The van der Waals surface area contributed by atoms with Gasteiger partial charge in [-0.25, -0.2) is 0 Å². The Morgan fingerprint density at radius 2 is 2.04 bits per heavy atom. The average Bonchev–Trinajstić information content (AvgIpc) is 2.98. The smallest absolute Gasteiger partial charge is 0.224 e. The number of fused-ring (bicyclic) bond motifs is 1. The number of nitrogens with one attached hydrogen (secondary N) is 2. The maximum atomic E-state index is 12.4. The van der Waals surface area contributed by atoms with Crippen molar-refractivity contribution in [1.29, 1.82) is 0 Å². The number of aromatic amines is 1. The van der Waals surface area contributed by atoms with Crippen molar-refractivity contribution in [3.8, 4) is 0 Å². The zero-order chi connectivity index (χ0) is 17.8. The molecule has 0 aliphatic heterocycles. The highest BCUT2D eigenvalue weighted by molar-refractivity contribution is 6.31. The number of aliphatic hydroxyl groups is 1. The number of hydrogen-bond acceptors (Lipinski definition) is 2. The van der Waals surface area contributed by atoms with Gasteiger partial charge >= 0.3 is 0 Å². The fourth-order valence-electron chi connectivity index (χ4n) is 3.01. The van der Waals surface area contributed by atoms with E-state index in [4.69, 9.17) is 11.6 Å². The number of aliphatic hydroxyl groups excluding tert-OH is 1. The SMILES string of the molecule is Cc1ccccc1C[C@H](CO)NC(=O)Cc1c[nH]c2ccc(Cl)cc12. The molecule has 5 heteroatoms. The van der Waals surface area contributed by atoms with Crippen LogP contribution < -0.4 is 5.32 Å². The molecule has 0 fully saturated rings. The van der Waals surface area contributed by atoms with Gasteiger partial charge in [-0.3, -0.25) is 4.79 Å². The van der Waals surface area contributed by atoms with E-state index in [-0.39, 0.29) is 25.0 Å². The van der Waals surface area contributed by atoms with E-state index in [0.717, 1.165) is 27.6 Å². The number of hydrogen-bond donors (Lipinski definition) is 3. The normalized spacial score (nSPS) is 12.3. The molecule has 1 heterocycles. The monoisotopic (exact) mass is 356 g/mol. The standard InChI is InChI=1S/C20H21ClN2O2/c1-13-4-2-3-5-14(13)8-17(12-24)23-20(25)9-15-11-22-19-7-6-16(21)10-18(15)19/h2-7,10-11,17,22,24H,8-9,12H2,1H3,(H,23,25)/t17-/m1/s1. The quantitative estimate of drug-likeness (QED) is 0.633. The van der Waals surface area contributed by atoms with Crippen molar-refractivity contribution >= 4 is 28.4 Å². The number of H-pyrrole nitrogens is 1. The van der Waals surface area contributed by atoms with Crippen LogP contribution in [0.4, 0.5) is 0 Å². The molecule has 0 spiro atoms. The van der Waals surface area contributed by atoms with Crippen molar-refractivity contribution in [2.75, 3.05) is 6.61 Å². The van der Waals surface area contributed by atoms with Crippen LogP contribution in [0.3, 0.4) is 0 Å². The molecular weight excluding hydrogens is 336 g/mol. The molecule has 4 nitrogen and oxygen atoms in total. The summed E-state index contributed by atoms with van der Waals surface area (Å²) >= 11 is 6.05. The van der Waals surface area contributed by atoms with Gasteiger partial charge in [0.15, 0.2) is 0 Å². The van der Waals surface area contributed by atoms with E-state index in [9.17, 15) is 9.90 Å². The van der Waals surface area contributed by atoms with E-state index < -0.39 is 0 Å². The summed E-state index contributed by atoms with van der Waals surface area (Å²) in [6.07, 6.45) is 2.68. The number of amides is 1. The lowest BCUT2D eigenvalue weighted by atomic mass is 10.0. The molecule has 0 aliphatic rings. The molecule has 0 saturated carbocycles. The second kappa shape index (κ2) is 7.72. The third-order valence-corrected chi connectivity index (χ3v) is 4.63. The summed E-state index contributed by atoms with van der Waals surface area (Å²) in [5, 5.41) is 14.1. The maximum Gasteiger partial charge on any atom is 0.224 e. The van der Waals surface area contributed by atoms with Crippen molar-refractivity contribution in [3.63, 3.8) is 0 Å². The molecular formula is C20H21ClN2O2. The van der Waals surface area contributed by atoms with Gasteiger partial charge in [-0.1, -0.05) is 35.9 Å². The number of carbonyl (C=O) groups is 1. The number of rotatable bonds is 6. The van der Waals surface area contributed by atoms with E-state index in [1.807, 2.05) is 55.6 Å². The molecule has 0 bridgehead atoms. The van der Waals surface area contributed by atoms with Gasteiger partial charge in [0.1, 0.15) is 0 Å². The van der Waals surface area contributed by atoms with Crippen LogP contribution in [0.5, 0.6) is 0 Å². The van der Waals surface area contributed by atoms with E-state index >= 15 is 0 Å². The first-order valence-electron chi connectivity index (χ1n) is 8.27. The van der Waals surface area contributed by atoms with Gasteiger partial charge in [0.25, 0.3) is 0 Å². The third-order valence-electron chi connectivity index (χ3n) is 4.39. The molecule has 0 aliphatic carbocycles. The molecule has 0 radical (unpaired) electrons. The molecule has 0 unspecified atom stereocenters. The molecule has 1 amide bonds. The molecule has 3 N–H and O–H groups in total. The molecule has 1 atom stereocenters. The Morgan fingerprint density at radius 1 is 1.24 bits per heavy atom. The first-order valence-corrected chi connectivity index (χ1v) is 8.65. The highest BCUT2D eigenvalue weighted by Gasteiger charge is 2.15. The first-order chi connectivity index (χ1) is 12.1. The number of aryl methyl sites for hydroxylation is 1. The topological polar surface area (TPSA) is 65.1 Å². The number of benzene rings is 2. The second-order valence-corrected chi connectivity index (χ2v) is 6.69. The van der Waals surface area contributed by atoms with Crippen LogP contribution in [0, 0.1) is 6.92 Å². The summed E-state index contributed by atoms with van der Waals surface area (Å²) in [5.74, 6) is -0.117. The average molecular weight is 357 g/mol. The van der Waals surface area contributed by atoms with Gasteiger partial charge in [0, 0.05) is 22.1 Å². The van der Waals surface area contributed by atoms with Crippen LogP contribution in [0.25, 0.3) is 10.9 Å². The highest BCUT2D eigenvalue weighted by atomic mass is 35.5. The lowest BCUT2D eigenvalue weighted by Crippen LogP contribution is -2.40. The van der Waals surface area contributed by atoms with E-state index in [1.54, 1.807) is 0 Å². The summed E-state index contributed by atoms with van der Waals surface area (Å²) in [5.41, 5.74) is 4.12.